The lowest BCUT2D eigenvalue weighted by molar-refractivity contribution is -0.140. The summed E-state index contributed by atoms with van der Waals surface area (Å²) in [5.74, 6) is 0.870. The molecule has 3 heteroatoms. The van der Waals surface area contributed by atoms with Crippen LogP contribution in [-0.2, 0) is 9.59 Å². The summed E-state index contributed by atoms with van der Waals surface area (Å²) in [7, 11) is 0. The highest BCUT2D eigenvalue weighted by Crippen LogP contribution is 2.52. The number of fused-ring (bicyclic) bond motifs is 5. The normalized spacial score (nSPS) is 38.3. The van der Waals surface area contributed by atoms with Crippen molar-refractivity contribution in [3.63, 3.8) is 0 Å². The molecule has 1 saturated carbocycles. The second-order valence-corrected chi connectivity index (χ2v) is 5.54. The molecule has 1 heterocycles. The first-order valence-electron chi connectivity index (χ1n) is 6.77. The van der Waals surface area contributed by atoms with Crippen molar-refractivity contribution in [2.75, 3.05) is 6.54 Å². The Balaban J connectivity index is 1.74. The maximum Gasteiger partial charge on any atom is 0.233 e. The summed E-state index contributed by atoms with van der Waals surface area (Å²) in [6.45, 7) is 2.77. The highest BCUT2D eigenvalue weighted by molar-refractivity contribution is 6.06. The lowest BCUT2D eigenvalue weighted by atomic mass is 9.85. The van der Waals surface area contributed by atoms with Gasteiger partial charge < -0.3 is 0 Å². The van der Waals surface area contributed by atoms with Crippen molar-refractivity contribution in [1.82, 2.24) is 4.90 Å². The van der Waals surface area contributed by atoms with E-state index in [-0.39, 0.29) is 23.7 Å². The Labute approximate surface area is 102 Å². The summed E-state index contributed by atoms with van der Waals surface area (Å²) in [5.41, 5.74) is 0. The van der Waals surface area contributed by atoms with Crippen molar-refractivity contribution in [3.05, 3.63) is 12.2 Å². The molecule has 2 aliphatic carbocycles. The van der Waals surface area contributed by atoms with Gasteiger partial charge in [-0.15, -0.1) is 0 Å². The fourth-order valence-corrected chi connectivity index (χ4v) is 3.70. The van der Waals surface area contributed by atoms with E-state index in [1.54, 1.807) is 0 Å². The van der Waals surface area contributed by atoms with Crippen LogP contribution < -0.4 is 0 Å². The van der Waals surface area contributed by atoms with Gasteiger partial charge in [0.15, 0.2) is 0 Å². The number of nitrogens with zero attached hydrogens (tertiary/aromatic N) is 1. The molecule has 3 aliphatic rings. The summed E-state index contributed by atoms with van der Waals surface area (Å²) in [5, 5.41) is 0. The Bertz CT molecular complexity index is 358. The van der Waals surface area contributed by atoms with E-state index >= 15 is 0 Å². The molecule has 2 fully saturated rings. The highest BCUT2D eigenvalue weighted by Gasteiger charge is 2.58. The number of likely N-dealkylation sites (tertiary alicyclic amines) is 1. The van der Waals surface area contributed by atoms with Crippen molar-refractivity contribution in [3.8, 4) is 0 Å². The van der Waals surface area contributed by atoms with Gasteiger partial charge in [-0.2, -0.15) is 0 Å². The van der Waals surface area contributed by atoms with Gasteiger partial charge in [0.25, 0.3) is 0 Å². The zero-order valence-electron chi connectivity index (χ0n) is 10.3. The number of allylic oxidation sites excluding steroid dienone is 2. The predicted octanol–water partition coefficient (Wildman–Crippen LogP) is 1.98. The van der Waals surface area contributed by atoms with Crippen LogP contribution in [0.5, 0.6) is 0 Å². The topological polar surface area (TPSA) is 37.4 Å². The average molecular weight is 233 g/mol. The fourth-order valence-electron chi connectivity index (χ4n) is 3.70. The number of hydrogen-bond donors (Lipinski definition) is 0. The maximum absolute atomic E-state index is 12.3. The molecule has 0 aromatic heterocycles. The number of carbonyl (C=O) groups is 2. The summed E-state index contributed by atoms with van der Waals surface area (Å²) >= 11 is 0. The van der Waals surface area contributed by atoms with E-state index in [1.165, 1.54) is 4.90 Å². The minimum atomic E-state index is -0.0147. The number of imide groups is 1. The van der Waals surface area contributed by atoms with Crippen LogP contribution in [0.25, 0.3) is 0 Å². The van der Waals surface area contributed by atoms with Gasteiger partial charge in [0.1, 0.15) is 0 Å². The van der Waals surface area contributed by atoms with Gasteiger partial charge >= 0.3 is 0 Å². The van der Waals surface area contributed by atoms with E-state index < -0.39 is 0 Å². The highest BCUT2D eigenvalue weighted by atomic mass is 16.2. The van der Waals surface area contributed by atoms with Gasteiger partial charge in [0.05, 0.1) is 11.8 Å². The Hall–Kier alpha value is -1.12. The first kappa shape index (κ1) is 11.0. The van der Waals surface area contributed by atoms with Gasteiger partial charge in [-0.1, -0.05) is 31.9 Å². The molecule has 0 spiro atoms. The molecule has 0 aromatic carbocycles. The molecule has 1 saturated heterocycles. The van der Waals surface area contributed by atoms with Crippen LogP contribution >= 0.6 is 0 Å². The third-order valence-electron chi connectivity index (χ3n) is 4.55. The average Bonchev–Trinajstić information content (AvgIpc) is 2.97. The monoisotopic (exact) mass is 233 g/mol. The van der Waals surface area contributed by atoms with Crippen LogP contribution in [0.15, 0.2) is 12.2 Å². The van der Waals surface area contributed by atoms with Crippen LogP contribution in [0.1, 0.15) is 32.6 Å². The molecule has 4 unspecified atom stereocenters. The summed E-state index contributed by atoms with van der Waals surface area (Å²) < 4.78 is 0. The van der Waals surface area contributed by atoms with E-state index in [0.717, 1.165) is 25.7 Å². The zero-order valence-corrected chi connectivity index (χ0v) is 10.3. The van der Waals surface area contributed by atoms with Gasteiger partial charge in [-0.25, -0.2) is 0 Å². The summed E-state index contributed by atoms with van der Waals surface area (Å²) in [6, 6.07) is 0. The van der Waals surface area contributed by atoms with E-state index in [0.29, 0.717) is 18.4 Å². The Morgan fingerprint density at radius 3 is 2.24 bits per heavy atom. The quantitative estimate of drug-likeness (QED) is 0.423. The minimum Gasteiger partial charge on any atom is -0.282 e. The van der Waals surface area contributed by atoms with Crippen LogP contribution in [0.4, 0.5) is 0 Å². The van der Waals surface area contributed by atoms with Crippen molar-refractivity contribution < 1.29 is 9.59 Å². The molecule has 1 aliphatic heterocycles. The van der Waals surface area contributed by atoms with E-state index in [9.17, 15) is 9.59 Å². The maximum atomic E-state index is 12.3. The van der Waals surface area contributed by atoms with Crippen molar-refractivity contribution in [2.24, 2.45) is 23.7 Å². The Morgan fingerprint density at radius 2 is 1.71 bits per heavy atom. The minimum absolute atomic E-state index is 0.0147. The van der Waals surface area contributed by atoms with Crippen LogP contribution in [-0.4, -0.2) is 23.3 Å². The fraction of sp³-hybridized carbons (Fsp3) is 0.714. The molecule has 92 valence electrons. The molecule has 17 heavy (non-hydrogen) atoms. The van der Waals surface area contributed by atoms with Crippen LogP contribution in [0.2, 0.25) is 0 Å². The first-order chi connectivity index (χ1) is 8.24. The number of rotatable bonds is 4. The second-order valence-electron chi connectivity index (χ2n) is 5.54. The van der Waals surface area contributed by atoms with Gasteiger partial charge in [0.2, 0.25) is 11.8 Å². The Morgan fingerprint density at radius 1 is 1.12 bits per heavy atom. The van der Waals surface area contributed by atoms with E-state index in [4.69, 9.17) is 0 Å². The predicted molar refractivity (Wildman–Crippen MR) is 64.0 cm³/mol. The SMILES string of the molecule is CCCCCN1C(=O)C2C3C=CC(C3)C2C1=O. The number of hydrogen-bond acceptors (Lipinski definition) is 2. The van der Waals surface area contributed by atoms with Crippen LogP contribution in [0.3, 0.4) is 0 Å². The third kappa shape index (κ3) is 1.48. The summed E-state index contributed by atoms with van der Waals surface area (Å²) in [6.07, 6.45) is 8.48. The largest absolute Gasteiger partial charge is 0.282 e. The molecule has 0 aromatic rings. The molecular weight excluding hydrogens is 214 g/mol. The number of unbranched alkanes of at least 4 members (excludes halogenated alkanes) is 2. The second kappa shape index (κ2) is 3.97. The lowest BCUT2D eigenvalue weighted by Crippen LogP contribution is -2.33. The van der Waals surface area contributed by atoms with E-state index in [1.807, 2.05) is 0 Å². The van der Waals surface area contributed by atoms with Crippen LogP contribution in [0, 0.1) is 23.7 Å². The molecule has 2 bridgehead atoms. The first-order valence-corrected chi connectivity index (χ1v) is 6.77. The summed E-state index contributed by atoms with van der Waals surface area (Å²) in [4.78, 5) is 26.0. The Kier molecular flexibility index (Phi) is 2.57. The number of amides is 2. The van der Waals surface area contributed by atoms with Gasteiger partial charge in [0, 0.05) is 6.54 Å². The van der Waals surface area contributed by atoms with Gasteiger partial charge in [-0.3, -0.25) is 14.5 Å². The van der Waals surface area contributed by atoms with Crippen molar-refractivity contribution in [1.29, 1.82) is 0 Å². The van der Waals surface area contributed by atoms with E-state index in [2.05, 4.69) is 19.1 Å². The molecule has 2 amide bonds. The molecule has 0 radical (unpaired) electrons. The number of carbonyl (C=O) groups excluding carboxylic acids is 2. The van der Waals surface area contributed by atoms with Crippen molar-refractivity contribution in [2.45, 2.75) is 32.6 Å². The molecule has 3 rings (SSSR count). The lowest BCUT2D eigenvalue weighted by Gasteiger charge is -2.16. The smallest absolute Gasteiger partial charge is 0.233 e. The standard InChI is InChI=1S/C14H19NO2/c1-2-3-4-7-15-13(16)11-9-5-6-10(8-9)12(11)14(15)17/h5-6,9-12H,2-4,7-8H2,1H3. The molecular formula is C14H19NO2. The molecule has 3 nitrogen and oxygen atoms in total. The molecule has 4 atom stereocenters. The van der Waals surface area contributed by atoms with Crippen molar-refractivity contribution >= 4 is 11.8 Å². The van der Waals surface area contributed by atoms with Gasteiger partial charge in [-0.05, 0) is 24.7 Å². The molecule has 0 N–H and O–H groups in total. The zero-order chi connectivity index (χ0) is 12.0. The third-order valence-corrected chi connectivity index (χ3v) is 4.55.